The third kappa shape index (κ3) is 4.56. The first kappa shape index (κ1) is 19.4. The van der Waals surface area contributed by atoms with Crippen molar-refractivity contribution in [1.29, 1.82) is 0 Å². The standard InChI is InChI=1S/C24H20IN3O/c1-17-6-4-7-18(12-17)15-28-16-20(22-10-2-3-11-23(22)28)14-26-27-24(29)19-8-5-9-21(25)13-19/h2-14,16H,15H2,1H3,(H,27,29)/b26-14-. The van der Waals surface area contributed by atoms with Crippen LogP contribution in [0.2, 0.25) is 0 Å². The molecule has 0 atom stereocenters. The summed E-state index contributed by atoms with van der Waals surface area (Å²) in [5.41, 5.74) is 7.82. The van der Waals surface area contributed by atoms with Gasteiger partial charge in [-0.1, -0.05) is 54.1 Å². The van der Waals surface area contributed by atoms with Gasteiger partial charge in [-0.3, -0.25) is 4.79 Å². The molecule has 0 aliphatic rings. The van der Waals surface area contributed by atoms with Crippen LogP contribution in [0, 0.1) is 10.5 Å². The molecule has 1 aromatic heterocycles. The van der Waals surface area contributed by atoms with E-state index in [0.717, 1.165) is 26.6 Å². The number of carbonyl (C=O) groups excluding carboxylic acids is 1. The molecule has 0 unspecified atom stereocenters. The van der Waals surface area contributed by atoms with E-state index < -0.39 is 0 Å². The second-order valence-electron chi connectivity index (χ2n) is 6.93. The molecule has 3 aromatic carbocycles. The summed E-state index contributed by atoms with van der Waals surface area (Å²) in [5.74, 6) is -0.219. The zero-order valence-electron chi connectivity index (χ0n) is 16.0. The molecule has 0 aliphatic heterocycles. The molecule has 29 heavy (non-hydrogen) atoms. The Morgan fingerprint density at radius 1 is 1.07 bits per heavy atom. The maximum Gasteiger partial charge on any atom is 0.271 e. The normalized spacial score (nSPS) is 11.2. The molecule has 0 bridgehead atoms. The molecule has 1 heterocycles. The highest BCUT2D eigenvalue weighted by molar-refractivity contribution is 14.1. The van der Waals surface area contributed by atoms with Gasteiger partial charge in [0.25, 0.3) is 5.91 Å². The van der Waals surface area contributed by atoms with Gasteiger partial charge in [0.2, 0.25) is 0 Å². The van der Waals surface area contributed by atoms with E-state index in [2.05, 4.69) is 87.2 Å². The summed E-state index contributed by atoms with van der Waals surface area (Å²) < 4.78 is 3.23. The van der Waals surface area contributed by atoms with Gasteiger partial charge in [0.05, 0.1) is 6.21 Å². The summed E-state index contributed by atoms with van der Waals surface area (Å²) in [6.07, 6.45) is 3.79. The minimum absolute atomic E-state index is 0.219. The van der Waals surface area contributed by atoms with Gasteiger partial charge in [0.15, 0.2) is 0 Å². The fraction of sp³-hybridized carbons (Fsp3) is 0.0833. The van der Waals surface area contributed by atoms with Crippen LogP contribution in [-0.2, 0) is 6.54 Å². The van der Waals surface area contributed by atoms with E-state index in [1.165, 1.54) is 11.1 Å². The van der Waals surface area contributed by atoms with E-state index in [1.54, 1.807) is 12.3 Å². The number of hydrazone groups is 1. The fourth-order valence-corrected chi connectivity index (χ4v) is 3.91. The Morgan fingerprint density at radius 2 is 1.90 bits per heavy atom. The molecule has 144 valence electrons. The molecular weight excluding hydrogens is 473 g/mol. The summed E-state index contributed by atoms with van der Waals surface area (Å²) in [4.78, 5) is 12.3. The number of fused-ring (bicyclic) bond motifs is 1. The molecule has 0 saturated heterocycles. The molecule has 0 spiro atoms. The number of hydrogen-bond acceptors (Lipinski definition) is 2. The maximum absolute atomic E-state index is 12.3. The molecule has 0 aliphatic carbocycles. The van der Waals surface area contributed by atoms with Gasteiger partial charge in [0.1, 0.15) is 0 Å². The Morgan fingerprint density at radius 3 is 2.72 bits per heavy atom. The molecule has 0 saturated carbocycles. The lowest BCUT2D eigenvalue weighted by Crippen LogP contribution is -2.17. The first-order valence-corrected chi connectivity index (χ1v) is 10.4. The quantitative estimate of drug-likeness (QED) is 0.227. The second kappa shape index (κ2) is 8.61. The number of aryl methyl sites for hydroxylation is 1. The minimum atomic E-state index is -0.219. The van der Waals surface area contributed by atoms with Crippen LogP contribution in [-0.4, -0.2) is 16.7 Å². The molecule has 5 heteroatoms. The van der Waals surface area contributed by atoms with Crippen LogP contribution < -0.4 is 5.43 Å². The Hall–Kier alpha value is -2.93. The largest absolute Gasteiger partial charge is 0.342 e. The fourth-order valence-electron chi connectivity index (χ4n) is 3.37. The molecular formula is C24H20IN3O. The average molecular weight is 493 g/mol. The predicted molar refractivity (Wildman–Crippen MR) is 126 cm³/mol. The van der Waals surface area contributed by atoms with Crippen LogP contribution >= 0.6 is 22.6 Å². The zero-order chi connectivity index (χ0) is 20.2. The monoisotopic (exact) mass is 493 g/mol. The molecule has 4 rings (SSSR count). The van der Waals surface area contributed by atoms with E-state index in [4.69, 9.17) is 0 Å². The van der Waals surface area contributed by atoms with Crippen LogP contribution in [0.4, 0.5) is 0 Å². The van der Waals surface area contributed by atoms with Gasteiger partial charge in [-0.25, -0.2) is 5.43 Å². The zero-order valence-corrected chi connectivity index (χ0v) is 18.1. The third-order valence-electron chi connectivity index (χ3n) is 4.71. The lowest BCUT2D eigenvalue weighted by atomic mass is 10.1. The summed E-state index contributed by atoms with van der Waals surface area (Å²) in [5, 5.41) is 5.30. The van der Waals surface area contributed by atoms with Crippen molar-refractivity contribution in [3.63, 3.8) is 0 Å². The number of benzene rings is 3. The van der Waals surface area contributed by atoms with Crippen molar-refractivity contribution in [3.8, 4) is 0 Å². The van der Waals surface area contributed by atoms with Crippen LogP contribution in [0.3, 0.4) is 0 Å². The number of para-hydroxylation sites is 1. The molecule has 1 N–H and O–H groups in total. The van der Waals surface area contributed by atoms with Gasteiger partial charge in [0, 0.05) is 38.3 Å². The SMILES string of the molecule is Cc1cccc(Cn2cc(/C=N\NC(=O)c3cccc(I)c3)c3ccccc32)c1. The van der Waals surface area contributed by atoms with E-state index in [9.17, 15) is 4.79 Å². The molecule has 0 fully saturated rings. The lowest BCUT2D eigenvalue weighted by molar-refractivity contribution is 0.0955. The average Bonchev–Trinajstić information content (AvgIpc) is 3.06. The summed E-state index contributed by atoms with van der Waals surface area (Å²) >= 11 is 2.19. The Kier molecular flexibility index (Phi) is 5.76. The summed E-state index contributed by atoms with van der Waals surface area (Å²) in [6.45, 7) is 2.89. The van der Waals surface area contributed by atoms with Gasteiger partial charge < -0.3 is 4.57 Å². The van der Waals surface area contributed by atoms with Crippen LogP contribution in [0.15, 0.2) is 84.1 Å². The lowest BCUT2D eigenvalue weighted by Gasteiger charge is -2.06. The van der Waals surface area contributed by atoms with E-state index in [0.29, 0.717) is 5.56 Å². The number of halogens is 1. The highest BCUT2D eigenvalue weighted by Crippen LogP contribution is 2.21. The minimum Gasteiger partial charge on any atom is -0.342 e. The van der Waals surface area contributed by atoms with Crippen LogP contribution in [0.5, 0.6) is 0 Å². The van der Waals surface area contributed by atoms with Gasteiger partial charge >= 0.3 is 0 Å². The number of nitrogens with one attached hydrogen (secondary N) is 1. The van der Waals surface area contributed by atoms with Gasteiger partial charge in [-0.2, -0.15) is 5.10 Å². The van der Waals surface area contributed by atoms with Crippen molar-refractivity contribution < 1.29 is 4.79 Å². The van der Waals surface area contributed by atoms with E-state index in [1.807, 2.05) is 30.3 Å². The topological polar surface area (TPSA) is 46.4 Å². The summed E-state index contributed by atoms with van der Waals surface area (Å²) in [6, 6.07) is 24.2. The number of amides is 1. The molecule has 1 amide bonds. The Labute approximate surface area is 183 Å². The van der Waals surface area contributed by atoms with Crippen LogP contribution in [0.1, 0.15) is 27.0 Å². The number of rotatable bonds is 5. The van der Waals surface area contributed by atoms with Crippen molar-refractivity contribution in [2.75, 3.05) is 0 Å². The molecule has 0 radical (unpaired) electrons. The summed E-state index contributed by atoms with van der Waals surface area (Å²) in [7, 11) is 0. The maximum atomic E-state index is 12.3. The van der Waals surface area contributed by atoms with Gasteiger partial charge in [-0.05, 0) is 59.3 Å². The number of aromatic nitrogens is 1. The van der Waals surface area contributed by atoms with Crippen molar-refractivity contribution in [1.82, 2.24) is 9.99 Å². The highest BCUT2D eigenvalue weighted by Gasteiger charge is 2.08. The van der Waals surface area contributed by atoms with Crippen LogP contribution in [0.25, 0.3) is 10.9 Å². The first-order valence-electron chi connectivity index (χ1n) is 9.32. The Bertz CT molecular complexity index is 1210. The first-order chi connectivity index (χ1) is 14.1. The van der Waals surface area contributed by atoms with Crippen molar-refractivity contribution >= 4 is 45.6 Å². The van der Waals surface area contributed by atoms with E-state index >= 15 is 0 Å². The van der Waals surface area contributed by atoms with E-state index in [-0.39, 0.29) is 5.91 Å². The van der Waals surface area contributed by atoms with Gasteiger partial charge in [-0.15, -0.1) is 0 Å². The molecule has 4 aromatic rings. The van der Waals surface area contributed by atoms with Crippen molar-refractivity contribution in [3.05, 3.63) is 105 Å². The Balaban J connectivity index is 1.57. The third-order valence-corrected chi connectivity index (χ3v) is 5.38. The highest BCUT2D eigenvalue weighted by atomic mass is 127. The van der Waals surface area contributed by atoms with Crippen molar-refractivity contribution in [2.45, 2.75) is 13.5 Å². The molecule has 4 nitrogen and oxygen atoms in total. The number of hydrogen-bond donors (Lipinski definition) is 1. The number of nitrogens with zero attached hydrogens (tertiary/aromatic N) is 2. The number of carbonyl (C=O) groups is 1. The van der Waals surface area contributed by atoms with Crippen molar-refractivity contribution in [2.24, 2.45) is 5.10 Å². The second-order valence-corrected chi connectivity index (χ2v) is 8.17. The predicted octanol–water partition coefficient (Wildman–Crippen LogP) is 5.37. The smallest absolute Gasteiger partial charge is 0.271 e.